The smallest absolute Gasteiger partial charge is 0.253 e. The number of aliphatic hydroxyl groups excluding tert-OH is 1. The van der Waals surface area contributed by atoms with Gasteiger partial charge in [0.1, 0.15) is 24.9 Å². The van der Waals surface area contributed by atoms with Crippen molar-refractivity contribution in [1.29, 1.82) is 0 Å². The number of carbonyl (C=O) groups excluding carboxylic acids is 2. The lowest BCUT2D eigenvalue weighted by Gasteiger charge is -2.22. The molecule has 0 aromatic heterocycles. The van der Waals surface area contributed by atoms with E-state index in [0.717, 1.165) is 6.07 Å². The fourth-order valence-electron chi connectivity index (χ4n) is 2.37. The summed E-state index contributed by atoms with van der Waals surface area (Å²) in [6.07, 6.45) is -0.811. The highest BCUT2D eigenvalue weighted by Crippen LogP contribution is 2.27. The molecule has 2 rings (SSSR count). The third kappa shape index (κ3) is 4.78. The van der Waals surface area contributed by atoms with E-state index in [2.05, 4.69) is 5.32 Å². The van der Waals surface area contributed by atoms with Gasteiger partial charge >= 0.3 is 0 Å². The highest BCUT2D eigenvalue weighted by molar-refractivity contribution is 6.53. The minimum atomic E-state index is -1.49. The largest absolute Gasteiger partial charge is 0.386 e. The van der Waals surface area contributed by atoms with Crippen LogP contribution < -0.4 is 5.32 Å². The Balaban J connectivity index is 2.23. The van der Waals surface area contributed by atoms with Crippen LogP contribution in [0.2, 0.25) is 0 Å². The predicted molar refractivity (Wildman–Crippen MR) is 95.6 cm³/mol. The Morgan fingerprint density at radius 3 is 2.35 bits per heavy atom. The first-order valence-electron chi connectivity index (χ1n) is 7.55. The van der Waals surface area contributed by atoms with E-state index in [9.17, 15) is 23.5 Å². The van der Waals surface area contributed by atoms with Crippen LogP contribution in [0.15, 0.2) is 42.5 Å². The number of benzene rings is 2. The lowest BCUT2D eigenvalue weighted by atomic mass is 9.97. The average Bonchev–Trinajstić information content (AvgIpc) is 2.65. The molecule has 2 N–H and O–H groups in total. The number of carbonyl (C=O) groups is 2. The van der Waals surface area contributed by atoms with Crippen molar-refractivity contribution in [2.75, 3.05) is 6.67 Å². The van der Waals surface area contributed by atoms with E-state index in [1.807, 2.05) is 0 Å². The Hall–Kier alpha value is -2.02. The molecule has 0 heterocycles. The Morgan fingerprint density at radius 1 is 1.19 bits per heavy atom. The normalized spacial score (nSPS) is 13.3. The van der Waals surface area contributed by atoms with Crippen LogP contribution in [0, 0.1) is 5.82 Å². The van der Waals surface area contributed by atoms with Crippen molar-refractivity contribution in [3.05, 3.63) is 59.4 Å². The zero-order valence-corrected chi connectivity index (χ0v) is 14.8. The maximum absolute atomic E-state index is 14.4. The van der Waals surface area contributed by atoms with Gasteiger partial charge < -0.3 is 10.4 Å². The Morgan fingerprint density at radius 2 is 1.85 bits per heavy atom. The third-order valence-corrected chi connectivity index (χ3v) is 4.16. The van der Waals surface area contributed by atoms with Gasteiger partial charge in [-0.05, 0) is 17.2 Å². The molecule has 0 bridgehead atoms. The first kappa shape index (κ1) is 20.3. The van der Waals surface area contributed by atoms with Gasteiger partial charge in [0, 0.05) is 11.1 Å². The summed E-state index contributed by atoms with van der Waals surface area (Å²) < 4.78 is 27.6. The van der Waals surface area contributed by atoms with Crippen LogP contribution in [0.3, 0.4) is 0 Å². The first-order chi connectivity index (χ1) is 12.4. The molecule has 2 aromatic rings. The lowest BCUT2D eigenvalue weighted by molar-refractivity contribution is -0.121. The van der Waals surface area contributed by atoms with Gasteiger partial charge in [-0.3, -0.25) is 9.59 Å². The molecule has 0 spiro atoms. The van der Waals surface area contributed by atoms with Crippen LogP contribution in [0.1, 0.15) is 22.0 Å². The third-order valence-electron chi connectivity index (χ3n) is 3.77. The number of hydrogen-bond donors (Lipinski definition) is 2. The summed E-state index contributed by atoms with van der Waals surface area (Å²) in [5, 5.41) is 12.4. The molecule has 1 amide bonds. The number of rotatable bonds is 7. The molecule has 4 nitrogen and oxygen atoms in total. The van der Waals surface area contributed by atoms with E-state index >= 15 is 0 Å². The van der Waals surface area contributed by atoms with E-state index in [-0.39, 0.29) is 11.1 Å². The molecular weight excluding hydrogens is 387 g/mol. The van der Waals surface area contributed by atoms with E-state index in [1.165, 1.54) is 12.1 Å². The van der Waals surface area contributed by atoms with Crippen LogP contribution in [0.5, 0.6) is 0 Å². The summed E-state index contributed by atoms with van der Waals surface area (Å²) >= 11 is 10.8. The molecular formula is C18H15Cl2F2NO3. The molecule has 2 aromatic carbocycles. The second-order valence-corrected chi connectivity index (χ2v) is 6.59. The Labute approximate surface area is 158 Å². The van der Waals surface area contributed by atoms with Crippen molar-refractivity contribution < 1.29 is 23.5 Å². The fraction of sp³-hybridized carbons (Fsp3) is 0.222. The van der Waals surface area contributed by atoms with Gasteiger partial charge in [-0.15, -0.1) is 0 Å². The maximum Gasteiger partial charge on any atom is 0.253 e. The molecule has 0 saturated heterocycles. The van der Waals surface area contributed by atoms with Crippen LogP contribution in [0.25, 0.3) is 11.1 Å². The van der Waals surface area contributed by atoms with Gasteiger partial charge in [0.2, 0.25) is 0 Å². The van der Waals surface area contributed by atoms with Gasteiger partial charge in [0.25, 0.3) is 5.91 Å². The average molecular weight is 402 g/mol. The van der Waals surface area contributed by atoms with Gasteiger partial charge in [-0.1, -0.05) is 59.6 Å². The van der Waals surface area contributed by atoms with Crippen LogP contribution in [-0.2, 0) is 4.79 Å². The van der Waals surface area contributed by atoms with Crippen LogP contribution >= 0.6 is 23.2 Å². The summed E-state index contributed by atoms with van der Waals surface area (Å²) in [5.74, 6) is -1.50. The number of amides is 1. The van der Waals surface area contributed by atoms with Crippen molar-refractivity contribution in [3.8, 4) is 11.1 Å². The standard InChI is InChI=1S/C18H15Cl2F2NO3/c19-17(20)18(26)23-15(8-21)16(25)12-5-6-13(14(22)7-12)11-3-1-10(9-24)2-4-11/h1-7,9,15-17,25H,8H2,(H,23,26). The summed E-state index contributed by atoms with van der Waals surface area (Å²) in [4.78, 5) is 20.7. The molecule has 0 aliphatic heterocycles. The summed E-state index contributed by atoms with van der Waals surface area (Å²) in [5.41, 5.74) is 1.33. The zero-order valence-electron chi connectivity index (χ0n) is 13.3. The molecule has 0 radical (unpaired) electrons. The minimum Gasteiger partial charge on any atom is -0.386 e. The Kier molecular flexibility index (Phi) is 7.08. The van der Waals surface area contributed by atoms with Crippen molar-refractivity contribution in [2.45, 2.75) is 17.0 Å². The topological polar surface area (TPSA) is 66.4 Å². The predicted octanol–water partition coefficient (Wildman–Crippen LogP) is 3.60. The molecule has 0 aliphatic rings. The van der Waals surface area contributed by atoms with Gasteiger partial charge in [-0.25, -0.2) is 8.78 Å². The number of halogens is 4. The van der Waals surface area contributed by atoms with Crippen molar-refractivity contribution >= 4 is 35.4 Å². The summed E-state index contributed by atoms with van der Waals surface area (Å²) in [7, 11) is 0. The van der Waals surface area contributed by atoms with E-state index < -0.39 is 35.4 Å². The molecule has 8 heteroatoms. The molecule has 0 aliphatic carbocycles. The molecule has 0 saturated carbocycles. The maximum atomic E-state index is 14.4. The van der Waals surface area contributed by atoms with Crippen molar-refractivity contribution in [3.63, 3.8) is 0 Å². The Bertz CT molecular complexity index is 785. The summed E-state index contributed by atoms with van der Waals surface area (Å²) in [6, 6.07) is 8.86. The zero-order chi connectivity index (χ0) is 19.3. The highest BCUT2D eigenvalue weighted by Gasteiger charge is 2.25. The monoisotopic (exact) mass is 401 g/mol. The summed E-state index contributed by atoms with van der Waals surface area (Å²) in [6.45, 7) is -1.09. The van der Waals surface area contributed by atoms with E-state index in [4.69, 9.17) is 23.2 Å². The molecule has 2 atom stereocenters. The van der Waals surface area contributed by atoms with Gasteiger partial charge in [0.05, 0.1) is 6.04 Å². The van der Waals surface area contributed by atoms with Gasteiger partial charge in [-0.2, -0.15) is 0 Å². The van der Waals surface area contributed by atoms with Crippen molar-refractivity contribution in [2.24, 2.45) is 0 Å². The van der Waals surface area contributed by atoms with Crippen molar-refractivity contribution in [1.82, 2.24) is 5.32 Å². The SMILES string of the molecule is O=Cc1ccc(-c2ccc(C(O)C(CF)NC(=O)C(Cl)Cl)cc2F)cc1. The second-order valence-electron chi connectivity index (χ2n) is 5.49. The number of nitrogens with one attached hydrogen (secondary N) is 1. The highest BCUT2D eigenvalue weighted by atomic mass is 35.5. The minimum absolute atomic E-state index is 0.0828. The molecule has 0 fully saturated rings. The molecule has 138 valence electrons. The van der Waals surface area contributed by atoms with Crippen LogP contribution in [0.4, 0.5) is 8.78 Å². The quantitative estimate of drug-likeness (QED) is 0.550. The van der Waals surface area contributed by atoms with E-state index in [0.29, 0.717) is 17.4 Å². The molecule has 2 unspecified atom stereocenters. The number of aliphatic hydroxyl groups is 1. The number of alkyl halides is 3. The van der Waals surface area contributed by atoms with Gasteiger partial charge in [0.15, 0.2) is 4.84 Å². The second kappa shape index (κ2) is 9.07. The van der Waals surface area contributed by atoms with Crippen LogP contribution in [-0.4, -0.2) is 34.9 Å². The first-order valence-corrected chi connectivity index (χ1v) is 8.42. The van der Waals surface area contributed by atoms with E-state index in [1.54, 1.807) is 24.3 Å². The number of aldehydes is 1. The lowest BCUT2D eigenvalue weighted by Crippen LogP contribution is -2.43. The number of hydrogen-bond acceptors (Lipinski definition) is 3. The molecule has 26 heavy (non-hydrogen) atoms. The fourth-order valence-corrected chi connectivity index (χ4v) is 2.50.